The Morgan fingerprint density at radius 2 is 1.90 bits per heavy atom. The van der Waals surface area contributed by atoms with Crippen LogP contribution in [0.1, 0.15) is 58.4 Å². The van der Waals surface area contributed by atoms with Gasteiger partial charge in [-0.1, -0.05) is 31.3 Å². The molecule has 0 aliphatic rings. The van der Waals surface area contributed by atoms with Crippen LogP contribution in [0.2, 0.25) is 0 Å². The Labute approximate surface area is 121 Å². The van der Waals surface area contributed by atoms with Gasteiger partial charge in [0.25, 0.3) is 0 Å². The molecule has 0 atom stereocenters. The van der Waals surface area contributed by atoms with Crippen LogP contribution in [-0.4, -0.2) is 22.0 Å². The van der Waals surface area contributed by atoms with Crippen LogP contribution < -0.4 is 0 Å². The van der Waals surface area contributed by atoms with Crippen molar-refractivity contribution in [3.05, 3.63) is 23.8 Å². The molecule has 1 rings (SSSR count). The largest absolute Gasteiger partial charge is 0.504 e. The Morgan fingerprint density at radius 1 is 1.15 bits per heavy atom. The fraction of sp³-hybridized carbons (Fsp3) is 0.562. The highest BCUT2D eigenvalue weighted by atomic mass is 16.6. The van der Waals surface area contributed by atoms with Crippen molar-refractivity contribution in [1.82, 2.24) is 0 Å². The van der Waals surface area contributed by atoms with Gasteiger partial charge < -0.3 is 15.1 Å². The number of benzene rings is 1. The summed E-state index contributed by atoms with van der Waals surface area (Å²) in [6.45, 7) is 6.02. The molecule has 0 amide bonds. The molecule has 0 spiro atoms. The molecule has 112 valence electrons. The number of rotatable bonds is 8. The lowest BCUT2D eigenvalue weighted by atomic mass is 10.0. The molecule has 0 aliphatic carbocycles. The van der Waals surface area contributed by atoms with Crippen LogP contribution in [0.25, 0.3) is 0 Å². The van der Waals surface area contributed by atoms with Crippen LogP contribution in [0.3, 0.4) is 0 Å². The summed E-state index contributed by atoms with van der Waals surface area (Å²) in [6.07, 6.45) is 5.41. The Balaban J connectivity index is 2.80. The lowest BCUT2D eigenvalue weighted by Crippen LogP contribution is -2.05. The SMILES string of the molecule is CCCCCC/C(=N\OC(C)C)c1ccc(O)c(O)c1. The number of hydrogen-bond acceptors (Lipinski definition) is 4. The number of nitrogens with zero attached hydrogens (tertiary/aromatic N) is 1. The van der Waals surface area contributed by atoms with Crippen molar-refractivity contribution in [3.8, 4) is 11.5 Å². The van der Waals surface area contributed by atoms with Gasteiger partial charge in [0.05, 0.1) is 5.71 Å². The molecular formula is C16H25NO3. The van der Waals surface area contributed by atoms with Gasteiger partial charge in [-0.2, -0.15) is 0 Å². The summed E-state index contributed by atoms with van der Waals surface area (Å²) in [4.78, 5) is 5.33. The fourth-order valence-electron chi connectivity index (χ4n) is 1.83. The van der Waals surface area contributed by atoms with Gasteiger partial charge in [0.2, 0.25) is 0 Å². The molecule has 2 N–H and O–H groups in total. The predicted octanol–water partition coefficient (Wildman–Crippen LogP) is 4.20. The third kappa shape index (κ3) is 5.51. The molecule has 4 nitrogen and oxygen atoms in total. The van der Waals surface area contributed by atoms with E-state index in [-0.39, 0.29) is 17.6 Å². The van der Waals surface area contributed by atoms with Gasteiger partial charge in [0, 0.05) is 5.56 Å². The van der Waals surface area contributed by atoms with Crippen molar-refractivity contribution >= 4 is 5.71 Å². The van der Waals surface area contributed by atoms with Gasteiger partial charge in [-0.15, -0.1) is 0 Å². The molecule has 1 aromatic carbocycles. The van der Waals surface area contributed by atoms with E-state index in [1.807, 2.05) is 13.8 Å². The summed E-state index contributed by atoms with van der Waals surface area (Å²) in [5.74, 6) is -0.253. The van der Waals surface area contributed by atoms with Crippen LogP contribution >= 0.6 is 0 Å². The van der Waals surface area contributed by atoms with Gasteiger partial charge in [-0.25, -0.2) is 0 Å². The molecule has 0 heterocycles. The minimum Gasteiger partial charge on any atom is -0.504 e. The van der Waals surface area contributed by atoms with Gasteiger partial charge in [0.15, 0.2) is 11.5 Å². The van der Waals surface area contributed by atoms with E-state index in [1.54, 1.807) is 6.07 Å². The van der Waals surface area contributed by atoms with Crippen LogP contribution in [0, 0.1) is 0 Å². The Kier molecular flexibility index (Phi) is 6.91. The fourth-order valence-corrected chi connectivity index (χ4v) is 1.83. The molecule has 0 fully saturated rings. The second kappa shape index (κ2) is 8.46. The standard InChI is InChI=1S/C16H25NO3/c1-4-5-6-7-8-14(17-20-12(2)3)13-9-10-15(18)16(19)11-13/h9-12,18-19H,4-8H2,1-3H3/b17-14+. The first-order valence-electron chi connectivity index (χ1n) is 7.29. The van der Waals surface area contributed by atoms with E-state index in [1.165, 1.54) is 25.0 Å². The van der Waals surface area contributed by atoms with Crippen LogP contribution in [-0.2, 0) is 4.84 Å². The van der Waals surface area contributed by atoms with Crippen molar-refractivity contribution in [1.29, 1.82) is 0 Å². The molecule has 1 aromatic rings. The maximum atomic E-state index is 9.59. The summed E-state index contributed by atoms with van der Waals surface area (Å²) < 4.78 is 0. The highest BCUT2D eigenvalue weighted by molar-refractivity contribution is 6.00. The third-order valence-electron chi connectivity index (χ3n) is 2.95. The zero-order valence-corrected chi connectivity index (χ0v) is 12.6. The second-order valence-electron chi connectivity index (χ2n) is 5.21. The summed E-state index contributed by atoms with van der Waals surface area (Å²) in [5, 5.41) is 23.1. The van der Waals surface area contributed by atoms with Crippen molar-refractivity contribution < 1.29 is 15.1 Å². The molecule has 20 heavy (non-hydrogen) atoms. The van der Waals surface area contributed by atoms with Crippen LogP contribution in [0.4, 0.5) is 0 Å². The van der Waals surface area contributed by atoms with Gasteiger partial charge in [0.1, 0.15) is 6.10 Å². The molecule has 0 aliphatic heterocycles. The number of aromatic hydroxyl groups is 2. The normalized spacial score (nSPS) is 11.9. The Bertz CT molecular complexity index is 441. The average Bonchev–Trinajstić information content (AvgIpc) is 2.41. The number of phenols is 2. The van der Waals surface area contributed by atoms with E-state index in [2.05, 4.69) is 12.1 Å². The molecular weight excluding hydrogens is 254 g/mol. The predicted molar refractivity (Wildman–Crippen MR) is 81.3 cm³/mol. The van der Waals surface area contributed by atoms with Crippen LogP contribution in [0.15, 0.2) is 23.4 Å². The molecule has 0 radical (unpaired) electrons. The third-order valence-corrected chi connectivity index (χ3v) is 2.95. The summed E-state index contributed by atoms with van der Waals surface area (Å²) in [5.41, 5.74) is 1.60. The van der Waals surface area contributed by atoms with E-state index in [4.69, 9.17) is 4.84 Å². The minimum atomic E-state index is -0.131. The molecule has 4 heteroatoms. The Morgan fingerprint density at radius 3 is 2.50 bits per heavy atom. The van der Waals surface area contributed by atoms with E-state index in [9.17, 15) is 10.2 Å². The lowest BCUT2D eigenvalue weighted by Gasteiger charge is -2.10. The summed E-state index contributed by atoms with van der Waals surface area (Å²) in [6, 6.07) is 4.75. The first kappa shape index (κ1) is 16.3. The molecule has 0 aromatic heterocycles. The topological polar surface area (TPSA) is 62.0 Å². The highest BCUT2D eigenvalue weighted by Crippen LogP contribution is 2.26. The van der Waals surface area contributed by atoms with Crippen molar-refractivity contribution in [3.63, 3.8) is 0 Å². The maximum absolute atomic E-state index is 9.59. The Hall–Kier alpha value is -1.71. The first-order valence-corrected chi connectivity index (χ1v) is 7.29. The van der Waals surface area contributed by atoms with Gasteiger partial charge in [-0.05, 0) is 44.9 Å². The molecule has 0 saturated heterocycles. The van der Waals surface area contributed by atoms with E-state index >= 15 is 0 Å². The second-order valence-corrected chi connectivity index (χ2v) is 5.21. The molecule has 0 saturated carbocycles. The van der Waals surface area contributed by atoms with Gasteiger partial charge >= 0.3 is 0 Å². The quantitative estimate of drug-likeness (QED) is 0.324. The highest BCUT2D eigenvalue weighted by Gasteiger charge is 2.09. The van der Waals surface area contributed by atoms with Gasteiger partial charge in [-0.3, -0.25) is 0 Å². The zero-order valence-electron chi connectivity index (χ0n) is 12.6. The number of oxime groups is 1. The molecule has 0 unspecified atom stereocenters. The summed E-state index contributed by atoms with van der Waals surface area (Å²) >= 11 is 0. The van der Waals surface area contributed by atoms with E-state index in [0.717, 1.165) is 30.5 Å². The zero-order chi connectivity index (χ0) is 15.0. The van der Waals surface area contributed by atoms with Crippen LogP contribution in [0.5, 0.6) is 11.5 Å². The van der Waals surface area contributed by atoms with Crippen molar-refractivity contribution in [2.45, 2.75) is 59.0 Å². The average molecular weight is 279 g/mol. The van der Waals surface area contributed by atoms with E-state index in [0.29, 0.717) is 0 Å². The number of phenolic OH excluding ortho intramolecular Hbond substituents is 2. The first-order chi connectivity index (χ1) is 9.54. The van der Waals surface area contributed by atoms with Crippen molar-refractivity contribution in [2.75, 3.05) is 0 Å². The monoisotopic (exact) mass is 279 g/mol. The maximum Gasteiger partial charge on any atom is 0.158 e. The number of unbranched alkanes of at least 4 members (excludes halogenated alkanes) is 3. The lowest BCUT2D eigenvalue weighted by molar-refractivity contribution is 0.0856. The van der Waals surface area contributed by atoms with Crippen molar-refractivity contribution in [2.24, 2.45) is 5.16 Å². The summed E-state index contributed by atoms with van der Waals surface area (Å²) in [7, 11) is 0. The smallest absolute Gasteiger partial charge is 0.158 e. The van der Waals surface area contributed by atoms with E-state index < -0.39 is 0 Å². The minimum absolute atomic E-state index is 0.0198. The number of hydrogen-bond donors (Lipinski definition) is 2. The molecule has 0 bridgehead atoms.